The lowest BCUT2D eigenvalue weighted by Crippen LogP contribution is -2.58. The number of carbonyl (C=O) groups is 2. The first-order valence-corrected chi connectivity index (χ1v) is 11.3. The van der Waals surface area contributed by atoms with Gasteiger partial charge in [0, 0.05) is 26.6 Å². The van der Waals surface area contributed by atoms with Gasteiger partial charge in [-0.3, -0.25) is 9.59 Å². The molecule has 32 heavy (non-hydrogen) atoms. The zero-order valence-corrected chi connectivity index (χ0v) is 18.7. The van der Waals surface area contributed by atoms with Crippen molar-refractivity contribution < 1.29 is 27.9 Å². The number of rotatable bonds is 5. The summed E-state index contributed by atoms with van der Waals surface area (Å²) in [4.78, 5) is 24.8. The van der Waals surface area contributed by atoms with Gasteiger partial charge in [0.05, 0.1) is 11.6 Å². The van der Waals surface area contributed by atoms with Crippen molar-refractivity contribution in [1.82, 2.24) is 9.21 Å². The minimum absolute atomic E-state index is 0.0819. The molecule has 0 spiro atoms. The standard InChI is InChI=1S/C22H23N3O6S/c1-14-10-15(2)21(31-18-6-4-17(12-23)5-7-18)20(11-14)32(29,30)25-9-8-24(16(3)26)13-19(25)22(27)28/h4-7,10-11,19H,8-9,13H2,1-3H3,(H,27,28). The molecule has 1 heterocycles. The third-order valence-corrected chi connectivity index (χ3v) is 7.15. The van der Waals surface area contributed by atoms with Crippen LogP contribution in [0.5, 0.6) is 11.5 Å². The zero-order valence-electron chi connectivity index (χ0n) is 17.9. The van der Waals surface area contributed by atoms with Crippen molar-refractivity contribution in [2.75, 3.05) is 19.6 Å². The number of nitrogens with zero attached hydrogens (tertiary/aromatic N) is 3. The fourth-order valence-corrected chi connectivity index (χ4v) is 5.46. The fourth-order valence-electron chi connectivity index (χ4n) is 3.62. The third kappa shape index (κ3) is 4.59. The largest absolute Gasteiger partial charge is 0.480 e. The Kier molecular flexibility index (Phi) is 6.52. The summed E-state index contributed by atoms with van der Waals surface area (Å²) in [5.74, 6) is -1.23. The van der Waals surface area contributed by atoms with E-state index in [-0.39, 0.29) is 36.2 Å². The number of sulfonamides is 1. The second-order valence-electron chi connectivity index (χ2n) is 7.58. The van der Waals surface area contributed by atoms with Crippen molar-refractivity contribution in [2.24, 2.45) is 0 Å². The lowest BCUT2D eigenvalue weighted by atomic mass is 10.1. The Labute approximate surface area is 186 Å². The van der Waals surface area contributed by atoms with Crippen LogP contribution < -0.4 is 4.74 Å². The maximum absolute atomic E-state index is 13.6. The number of carboxylic acids is 1. The highest BCUT2D eigenvalue weighted by Crippen LogP contribution is 2.36. The zero-order chi connectivity index (χ0) is 23.6. The van der Waals surface area contributed by atoms with Crippen LogP contribution in [-0.4, -0.2) is 60.3 Å². The third-order valence-electron chi connectivity index (χ3n) is 5.24. The van der Waals surface area contributed by atoms with Crippen LogP contribution in [0, 0.1) is 25.2 Å². The Morgan fingerprint density at radius 2 is 1.81 bits per heavy atom. The van der Waals surface area contributed by atoms with E-state index in [1.54, 1.807) is 44.2 Å². The Bertz CT molecular complexity index is 1200. The number of nitriles is 1. The molecule has 1 fully saturated rings. The number of aliphatic carboxylic acids is 1. The Hall–Kier alpha value is -3.42. The molecule has 0 aliphatic carbocycles. The summed E-state index contributed by atoms with van der Waals surface area (Å²) in [6.45, 7) is 4.46. The Balaban J connectivity index is 2.06. The van der Waals surface area contributed by atoms with Gasteiger partial charge in [0.25, 0.3) is 0 Å². The predicted octanol–water partition coefficient (Wildman–Crippen LogP) is 2.27. The van der Waals surface area contributed by atoms with Gasteiger partial charge in [0.15, 0.2) is 0 Å². The van der Waals surface area contributed by atoms with E-state index in [2.05, 4.69) is 0 Å². The maximum Gasteiger partial charge on any atom is 0.323 e. The number of hydrogen-bond donors (Lipinski definition) is 1. The Morgan fingerprint density at radius 1 is 1.16 bits per heavy atom. The molecular formula is C22H23N3O6S. The van der Waals surface area contributed by atoms with E-state index in [1.807, 2.05) is 6.07 Å². The molecule has 1 atom stereocenters. The molecule has 168 valence electrons. The summed E-state index contributed by atoms with van der Waals surface area (Å²) in [5.41, 5.74) is 1.66. The van der Waals surface area contributed by atoms with Gasteiger partial charge < -0.3 is 14.7 Å². The highest BCUT2D eigenvalue weighted by atomic mass is 32.2. The molecule has 0 aromatic heterocycles. The smallest absolute Gasteiger partial charge is 0.323 e. The summed E-state index contributed by atoms with van der Waals surface area (Å²) < 4.78 is 34.1. The van der Waals surface area contributed by atoms with Crippen molar-refractivity contribution in [3.8, 4) is 17.6 Å². The molecule has 0 bridgehead atoms. The van der Waals surface area contributed by atoms with Gasteiger partial charge in [-0.25, -0.2) is 8.42 Å². The van der Waals surface area contributed by atoms with Crippen molar-refractivity contribution in [1.29, 1.82) is 5.26 Å². The number of piperazine rings is 1. The van der Waals surface area contributed by atoms with E-state index in [0.717, 1.165) is 4.31 Å². The average molecular weight is 458 g/mol. The van der Waals surface area contributed by atoms with Crippen LogP contribution in [0.2, 0.25) is 0 Å². The molecule has 1 saturated heterocycles. The van der Waals surface area contributed by atoms with E-state index >= 15 is 0 Å². The molecule has 0 saturated carbocycles. The minimum atomic E-state index is -4.28. The summed E-state index contributed by atoms with van der Waals surface area (Å²) in [7, 11) is -4.28. The first-order chi connectivity index (χ1) is 15.0. The second kappa shape index (κ2) is 8.98. The van der Waals surface area contributed by atoms with Crippen LogP contribution in [0.1, 0.15) is 23.6 Å². The van der Waals surface area contributed by atoms with E-state index < -0.39 is 22.0 Å². The Morgan fingerprint density at radius 3 is 2.38 bits per heavy atom. The fraction of sp³-hybridized carbons (Fsp3) is 0.318. The molecule has 2 aromatic rings. The van der Waals surface area contributed by atoms with Gasteiger partial charge in [-0.15, -0.1) is 0 Å². The van der Waals surface area contributed by atoms with Crippen LogP contribution in [0.25, 0.3) is 0 Å². The van der Waals surface area contributed by atoms with Crippen molar-refractivity contribution in [3.05, 3.63) is 53.1 Å². The van der Waals surface area contributed by atoms with Crippen molar-refractivity contribution >= 4 is 21.9 Å². The first-order valence-electron chi connectivity index (χ1n) is 9.84. The maximum atomic E-state index is 13.6. The molecule has 9 nitrogen and oxygen atoms in total. The summed E-state index contributed by atoms with van der Waals surface area (Å²) >= 11 is 0. The quantitative estimate of drug-likeness (QED) is 0.729. The summed E-state index contributed by atoms with van der Waals surface area (Å²) in [5, 5.41) is 18.6. The van der Waals surface area contributed by atoms with Crippen LogP contribution >= 0.6 is 0 Å². The molecule has 1 aliphatic heterocycles. The molecule has 2 aromatic carbocycles. The van der Waals surface area contributed by atoms with Crippen LogP contribution in [0.4, 0.5) is 0 Å². The number of carboxylic acid groups (broad SMARTS) is 1. The molecule has 10 heteroatoms. The SMILES string of the molecule is CC(=O)N1CCN(S(=O)(=O)c2cc(C)cc(C)c2Oc2ccc(C#N)cc2)C(C(=O)O)C1. The number of aryl methyl sites for hydroxylation is 2. The topological polar surface area (TPSA) is 128 Å². The highest BCUT2D eigenvalue weighted by molar-refractivity contribution is 7.89. The van der Waals surface area contributed by atoms with Crippen molar-refractivity contribution in [3.63, 3.8) is 0 Å². The number of hydrogen-bond acceptors (Lipinski definition) is 6. The number of benzene rings is 2. The van der Waals surface area contributed by atoms with Crippen LogP contribution in [0.15, 0.2) is 41.3 Å². The van der Waals surface area contributed by atoms with E-state index in [4.69, 9.17) is 10.00 Å². The lowest BCUT2D eigenvalue weighted by molar-refractivity contribution is -0.145. The monoisotopic (exact) mass is 457 g/mol. The molecule has 1 unspecified atom stereocenters. The van der Waals surface area contributed by atoms with Crippen LogP contribution in [0.3, 0.4) is 0 Å². The first kappa shape index (κ1) is 23.2. The van der Waals surface area contributed by atoms with Gasteiger partial charge >= 0.3 is 5.97 Å². The molecule has 1 N–H and O–H groups in total. The predicted molar refractivity (Wildman–Crippen MR) is 115 cm³/mol. The van der Waals surface area contributed by atoms with Gasteiger partial charge in [-0.1, -0.05) is 6.07 Å². The summed E-state index contributed by atoms with van der Waals surface area (Å²) in [6, 6.07) is 10.0. The number of ether oxygens (including phenoxy) is 1. The molecule has 0 radical (unpaired) electrons. The number of amides is 1. The second-order valence-corrected chi connectivity index (χ2v) is 9.44. The van der Waals surface area contributed by atoms with Gasteiger partial charge in [-0.2, -0.15) is 9.57 Å². The summed E-state index contributed by atoms with van der Waals surface area (Å²) in [6.07, 6.45) is 0. The van der Waals surface area contributed by atoms with Crippen LogP contribution in [-0.2, 0) is 19.6 Å². The molecule has 1 aliphatic rings. The van der Waals surface area contributed by atoms with Gasteiger partial charge in [0.1, 0.15) is 22.4 Å². The minimum Gasteiger partial charge on any atom is -0.480 e. The lowest BCUT2D eigenvalue weighted by Gasteiger charge is -2.38. The highest BCUT2D eigenvalue weighted by Gasteiger charge is 2.42. The average Bonchev–Trinajstić information content (AvgIpc) is 2.75. The molecule has 1 amide bonds. The van der Waals surface area contributed by atoms with Crippen molar-refractivity contribution in [2.45, 2.75) is 31.7 Å². The van der Waals surface area contributed by atoms with Gasteiger partial charge in [0.2, 0.25) is 15.9 Å². The van der Waals surface area contributed by atoms with E-state index in [1.165, 1.54) is 17.9 Å². The number of carbonyl (C=O) groups excluding carboxylic acids is 1. The molecule has 3 rings (SSSR count). The van der Waals surface area contributed by atoms with Gasteiger partial charge in [-0.05, 0) is 55.3 Å². The van der Waals surface area contributed by atoms with E-state index in [0.29, 0.717) is 22.4 Å². The van der Waals surface area contributed by atoms with E-state index in [9.17, 15) is 23.1 Å². The normalized spacial score (nSPS) is 16.9. The molecular weight excluding hydrogens is 434 g/mol.